The number of rotatable bonds is 2. The van der Waals surface area contributed by atoms with E-state index in [1.54, 1.807) is 6.20 Å². The van der Waals surface area contributed by atoms with Crippen LogP contribution >= 0.6 is 0 Å². The molecule has 5 rings (SSSR count). The normalized spacial score (nSPS) is 21.5. The number of nitrogens with zero attached hydrogens (tertiary/aromatic N) is 4. The molecule has 7 heteroatoms. The van der Waals surface area contributed by atoms with E-state index in [4.69, 9.17) is 9.47 Å². The van der Waals surface area contributed by atoms with Gasteiger partial charge in [-0.05, 0) is 31.9 Å². The maximum atomic E-state index is 13.1. The summed E-state index contributed by atoms with van der Waals surface area (Å²) in [6.45, 7) is 6.29. The fourth-order valence-electron chi connectivity index (χ4n) is 5.18. The Morgan fingerprint density at radius 2 is 1.87 bits per heavy atom. The van der Waals surface area contributed by atoms with Crippen molar-refractivity contribution in [2.45, 2.75) is 38.4 Å². The molecule has 1 aromatic heterocycles. The van der Waals surface area contributed by atoms with Gasteiger partial charge in [0, 0.05) is 56.5 Å². The molecule has 7 nitrogen and oxygen atoms in total. The number of piperidine rings is 2. The number of carbonyl (C=O) groups excluding carboxylic acids is 1. The number of nitriles is 1. The van der Waals surface area contributed by atoms with Gasteiger partial charge < -0.3 is 19.3 Å². The molecule has 0 saturated carbocycles. The Bertz CT molecular complexity index is 1020. The number of amides is 1. The third-order valence-electron chi connectivity index (χ3n) is 6.93. The predicted octanol–water partition coefficient (Wildman–Crippen LogP) is 3.00. The Morgan fingerprint density at radius 3 is 2.55 bits per heavy atom. The first kappa shape index (κ1) is 20.2. The maximum Gasteiger partial charge on any atom is 0.225 e. The highest BCUT2D eigenvalue weighted by atomic mass is 16.7. The molecule has 0 atom stereocenters. The fraction of sp³-hybridized carbons (Fsp3) is 0.542. The average Bonchev–Trinajstić information content (AvgIpc) is 3.26. The Hall–Kier alpha value is -2.69. The zero-order chi connectivity index (χ0) is 21.4. The summed E-state index contributed by atoms with van der Waals surface area (Å²) in [5, 5.41) is 10.7. The minimum absolute atomic E-state index is 0.0380. The number of carbonyl (C=O) groups is 1. The van der Waals surface area contributed by atoms with Crippen LogP contribution in [0.5, 0.6) is 0 Å². The van der Waals surface area contributed by atoms with Crippen molar-refractivity contribution < 1.29 is 14.3 Å². The minimum Gasteiger partial charge on any atom is -0.370 e. The summed E-state index contributed by atoms with van der Waals surface area (Å²) < 4.78 is 11.6. The van der Waals surface area contributed by atoms with E-state index in [2.05, 4.69) is 28.9 Å². The number of ether oxygens (including phenoxy) is 2. The third-order valence-corrected chi connectivity index (χ3v) is 6.93. The molecule has 31 heavy (non-hydrogen) atoms. The van der Waals surface area contributed by atoms with Gasteiger partial charge >= 0.3 is 0 Å². The summed E-state index contributed by atoms with van der Waals surface area (Å²) in [6.07, 6.45) is 4.78. The highest BCUT2D eigenvalue weighted by molar-refractivity contribution is 5.95. The molecule has 3 fully saturated rings. The van der Waals surface area contributed by atoms with Crippen molar-refractivity contribution in [1.82, 2.24) is 9.88 Å². The lowest BCUT2D eigenvalue weighted by Gasteiger charge is -2.40. The molecule has 1 spiro atoms. The van der Waals surface area contributed by atoms with E-state index >= 15 is 0 Å². The molecule has 0 bridgehead atoms. The second-order valence-electron chi connectivity index (χ2n) is 8.85. The lowest BCUT2D eigenvalue weighted by molar-refractivity contribution is -0.188. The number of benzene rings is 1. The Morgan fingerprint density at radius 1 is 1.16 bits per heavy atom. The van der Waals surface area contributed by atoms with Gasteiger partial charge in [-0.2, -0.15) is 5.26 Å². The van der Waals surface area contributed by atoms with Crippen molar-refractivity contribution in [3.63, 3.8) is 0 Å². The van der Waals surface area contributed by atoms with Gasteiger partial charge in [-0.1, -0.05) is 11.6 Å². The zero-order valence-corrected chi connectivity index (χ0v) is 18.0. The molecule has 2 aromatic rings. The number of aromatic nitrogens is 1. The van der Waals surface area contributed by atoms with Crippen molar-refractivity contribution in [1.29, 1.82) is 5.26 Å². The SMILES string of the molecule is Cc1ccc2ncc(C#N)c(N3CCC(C(=O)N4CCC5(CC4)OCCO5)CC3)c2c1. The largest absolute Gasteiger partial charge is 0.370 e. The van der Waals surface area contributed by atoms with Crippen molar-refractivity contribution in [3.8, 4) is 6.07 Å². The molecular formula is C24H28N4O3. The number of pyridine rings is 1. The highest BCUT2D eigenvalue weighted by Crippen LogP contribution is 2.35. The summed E-state index contributed by atoms with van der Waals surface area (Å²) in [4.78, 5) is 21.8. The van der Waals surface area contributed by atoms with Gasteiger partial charge in [-0.3, -0.25) is 9.78 Å². The van der Waals surface area contributed by atoms with Gasteiger partial charge in [0.2, 0.25) is 5.91 Å². The van der Waals surface area contributed by atoms with E-state index in [-0.39, 0.29) is 11.8 Å². The van der Waals surface area contributed by atoms with Crippen molar-refractivity contribution in [2.75, 3.05) is 44.3 Å². The van der Waals surface area contributed by atoms with E-state index in [9.17, 15) is 10.1 Å². The molecule has 0 aliphatic carbocycles. The van der Waals surface area contributed by atoms with Crippen LogP contribution in [0.1, 0.15) is 36.8 Å². The van der Waals surface area contributed by atoms with Gasteiger partial charge in [0.25, 0.3) is 0 Å². The summed E-state index contributed by atoms with van der Waals surface area (Å²) in [7, 11) is 0. The highest BCUT2D eigenvalue weighted by Gasteiger charge is 2.42. The number of fused-ring (bicyclic) bond motifs is 1. The molecule has 0 unspecified atom stereocenters. The van der Waals surface area contributed by atoms with E-state index in [1.807, 2.05) is 17.0 Å². The molecule has 3 aliphatic rings. The predicted molar refractivity (Wildman–Crippen MR) is 117 cm³/mol. The van der Waals surface area contributed by atoms with Crippen molar-refractivity contribution in [2.24, 2.45) is 5.92 Å². The summed E-state index contributed by atoms with van der Waals surface area (Å²) >= 11 is 0. The second kappa shape index (κ2) is 8.10. The minimum atomic E-state index is -0.450. The zero-order valence-electron chi connectivity index (χ0n) is 18.0. The van der Waals surface area contributed by atoms with Gasteiger partial charge in [0.1, 0.15) is 6.07 Å². The summed E-state index contributed by atoms with van der Waals surface area (Å²) in [5.41, 5.74) is 3.60. The maximum absolute atomic E-state index is 13.1. The number of aryl methyl sites for hydroxylation is 1. The van der Waals surface area contributed by atoms with Crippen LogP contribution in [0.15, 0.2) is 24.4 Å². The molecule has 3 saturated heterocycles. The molecule has 0 radical (unpaired) electrons. The van der Waals surface area contributed by atoms with Gasteiger partial charge in [-0.15, -0.1) is 0 Å². The number of anilines is 1. The molecule has 162 valence electrons. The van der Waals surface area contributed by atoms with E-state index < -0.39 is 5.79 Å². The van der Waals surface area contributed by atoms with E-state index in [0.717, 1.165) is 60.9 Å². The average molecular weight is 421 g/mol. The fourth-order valence-corrected chi connectivity index (χ4v) is 5.18. The Kier molecular flexibility index (Phi) is 5.28. The second-order valence-corrected chi connectivity index (χ2v) is 8.85. The molecule has 0 N–H and O–H groups in total. The first-order chi connectivity index (χ1) is 15.1. The van der Waals surface area contributed by atoms with Gasteiger partial charge in [-0.25, -0.2) is 0 Å². The van der Waals surface area contributed by atoms with E-state index in [1.165, 1.54) is 0 Å². The molecule has 4 heterocycles. The van der Waals surface area contributed by atoms with Crippen LogP contribution < -0.4 is 4.90 Å². The summed E-state index contributed by atoms with van der Waals surface area (Å²) in [6, 6.07) is 8.46. The van der Waals surface area contributed by atoms with Crippen LogP contribution in [0.4, 0.5) is 5.69 Å². The van der Waals surface area contributed by atoms with Crippen molar-refractivity contribution >= 4 is 22.5 Å². The first-order valence-corrected chi connectivity index (χ1v) is 11.2. The van der Waals surface area contributed by atoms with Crippen LogP contribution in [0.3, 0.4) is 0 Å². The Labute approximate surface area is 182 Å². The van der Waals surface area contributed by atoms with Gasteiger partial charge in [0.15, 0.2) is 5.79 Å². The summed E-state index contributed by atoms with van der Waals surface area (Å²) in [5.74, 6) is -0.159. The van der Waals surface area contributed by atoms with Crippen LogP contribution in [0.2, 0.25) is 0 Å². The van der Waals surface area contributed by atoms with Crippen LogP contribution in [0.25, 0.3) is 10.9 Å². The van der Waals surface area contributed by atoms with Crippen LogP contribution in [-0.4, -0.2) is 61.0 Å². The lowest BCUT2D eigenvalue weighted by Crippen LogP contribution is -2.50. The number of hydrogen-bond acceptors (Lipinski definition) is 6. The first-order valence-electron chi connectivity index (χ1n) is 11.2. The van der Waals surface area contributed by atoms with Crippen LogP contribution in [0, 0.1) is 24.2 Å². The molecule has 3 aliphatic heterocycles. The topological polar surface area (TPSA) is 78.7 Å². The Balaban J connectivity index is 1.27. The standard InChI is InChI=1S/C24H28N4O3/c1-17-2-3-21-20(14-17)22(19(15-25)16-26-21)27-8-4-18(5-9-27)23(29)28-10-6-24(7-11-28)30-12-13-31-24/h2-3,14,16,18H,4-13H2,1H3. The van der Waals surface area contributed by atoms with Crippen molar-refractivity contribution in [3.05, 3.63) is 35.5 Å². The quantitative estimate of drug-likeness (QED) is 0.743. The molecular weight excluding hydrogens is 392 g/mol. The van der Waals surface area contributed by atoms with Crippen LogP contribution in [-0.2, 0) is 14.3 Å². The smallest absolute Gasteiger partial charge is 0.225 e. The monoisotopic (exact) mass is 420 g/mol. The lowest BCUT2D eigenvalue weighted by atomic mass is 9.92. The number of likely N-dealkylation sites (tertiary alicyclic amines) is 1. The van der Waals surface area contributed by atoms with E-state index in [0.29, 0.717) is 31.9 Å². The molecule has 1 aromatic carbocycles. The molecule has 1 amide bonds. The van der Waals surface area contributed by atoms with Gasteiger partial charge in [0.05, 0.1) is 30.0 Å². The third kappa shape index (κ3) is 3.75. The number of hydrogen-bond donors (Lipinski definition) is 0.